The van der Waals surface area contributed by atoms with Gasteiger partial charge in [0.25, 0.3) is 5.09 Å². The summed E-state index contributed by atoms with van der Waals surface area (Å²) in [5.41, 5.74) is -1.76. The molecule has 40 heavy (non-hydrogen) atoms. The average Bonchev–Trinajstić information content (AvgIpc) is 3.17. The van der Waals surface area contributed by atoms with Gasteiger partial charge in [0.15, 0.2) is 12.4 Å². The molecule has 11 nitrogen and oxygen atoms in total. The quantitative estimate of drug-likeness (QED) is 0.220. The highest BCUT2D eigenvalue weighted by Gasteiger charge is 2.68. The SMILES string of the molecule is C[C@]12C=CC(=O)C=C1CC[C@@H]1[C@@H]2[C@@H](O)C[C@@]2(C)[C@H]1CC[C@]2(O)C(=O)COC(=O)Oc1cccc(CO[N+](=O)[O-])c1. The van der Waals surface area contributed by atoms with E-state index in [1.54, 1.807) is 18.2 Å². The molecule has 0 bridgehead atoms. The number of aliphatic hydroxyl groups is 2. The van der Waals surface area contributed by atoms with E-state index in [4.69, 9.17) is 9.47 Å². The van der Waals surface area contributed by atoms with Crippen LogP contribution in [0.5, 0.6) is 5.75 Å². The van der Waals surface area contributed by atoms with Crippen LogP contribution >= 0.6 is 0 Å². The minimum atomic E-state index is -1.79. The Labute approximate surface area is 230 Å². The summed E-state index contributed by atoms with van der Waals surface area (Å²) in [5.74, 6) is -0.767. The minimum Gasteiger partial charge on any atom is -0.426 e. The van der Waals surface area contributed by atoms with Crippen LogP contribution in [0.25, 0.3) is 0 Å². The molecule has 4 aliphatic carbocycles. The van der Waals surface area contributed by atoms with Crippen molar-refractivity contribution in [2.45, 2.75) is 64.3 Å². The number of allylic oxidation sites excluding steroid dienone is 4. The average molecular weight is 556 g/mol. The van der Waals surface area contributed by atoms with Gasteiger partial charge in [-0.15, -0.1) is 10.1 Å². The van der Waals surface area contributed by atoms with Crippen molar-refractivity contribution < 1.29 is 44.0 Å². The molecule has 0 amide bonds. The van der Waals surface area contributed by atoms with E-state index < -0.39 is 46.2 Å². The number of hydrogen-bond acceptors (Lipinski definition) is 10. The van der Waals surface area contributed by atoms with Crippen LogP contribution in [0, 0.1) is 38.7 Å². The van der Waals surface area contributed by atoms with Crippen LogP contribution in [-0.2, 0) is 25.8 Å². The lowest BCUT2D eigenvalue weighted by Crippen LogP contribution is -2.61. The zero-order chi connectivity index (χ0) is 28.9. The highest BCUT2D eigenvalue weighted by atomic mass is 16.9. The summed E-state index contributed by atoms with van der Waals surface area (Å²) in [5, 5.41) is 32.7. The number of aliphatic hydroxyl groups excluding tert-OH is 1. The molecule has 1 aromatic rings. The van der Waals surface area contributed by atoms with E-state index in [-0.39, 0.29) is 48.7 Å². The molecule has 7 atom stereocenters. The fraction of sp³-hybridized carbons (Fsp3) is 0.552. The number of nitrogens with zero attached hydrogens (tertiary/aromatic N) is 1. The molecule has 2 N–H and O–H groups in total. The Kier molecular flexibility index (Phi) is 7.08. The number of benzene rings is 1. The van der Waals surface area contributed by atoms with Crippen molar-refractivity contribution in [2.75, 3.05) is 6.61 Å². The third-order valence-corrected chi connectivity index (χ3v) is 9.87. The predicted molar refractivity (Wildman–Crippen MR) is 138 cm³/mol. The van der Waals surface area contributed by atoms with Gasteiger partial charge in [0, 0.05) is 16.7 Å². The van der Waals surface area contributed by atoms with E-state index in [9.17, 15) is 34.7 Å². The van der Waals surface area contributed by atoms with Gasteiger partial charge in [-0.05, 0) is 73.8 Å². The summed E-state index contributed by atoms with van der Waals surface area (Å²) in [4.78, 5) is 52.4. The third-order valence-electron chi connectivity index (χ3n) is 9.87. The second kappa shape index (κ2) is 10.1. The maximum absolute atomic E-state index is 13.4. The van der Waals surface area contributed by atoms with Crippen LogP contribution in [-0.4, -0.2) is 51.3 Å². The molecule has 0 aliphatic heterocycles. The molecular weight excluding hydrogens is 522 g/mol. The summed E-state index contributed by atoms with van der Waals surface area (Å²) in [6.07, 6.45) is 5.64. The monoisotopic (exact) mass is 555 g/mol. The first-order valence-electron chi connectivity index (χ1n) is 13.5. The number of hydrogen-bond donors (Lipinski definition) is 2. The van der Waals surface area contributed by atoms with Crippen LogP contribution in [0.15, 0.2) is 48.1 Å². The normalized spacial score (nSPS) is 36.0. The number of rotatable bonds is 7. The molecule has 4 aliphatic rings. The number of Topliss-reactive ketones (excluding diaryl/α,β-unsaturated/α-hetero) is 1. The van der Waals surface area contributed by atoms with Crippen molar-refractivity contribution in [3.05, 3.63) is 63.7 Å². The van der Waals surface area contributed by atoms with Gasteiger partial charge in [-0.1, -0.05) is 37.6 Å². The number of ether oxygens (including phenoxy) is 2. The molecule has 3 fully saturated rings. The molecule has 0 aromatic heterocycles. The van der Waals surface area contributed by atoms with Crippen LogP contribution in [0.1, 0.15) is 51.5 Å². The second-order valence-electron chi connectivity index (χ2n) is 11.8. The van der Waals surface area contributed by atoms with E-state index in [1.165, 1.54) is 18.2 Å². The van der Waals surface area contributed by atoms with Crippen LogP contribution < -0.4 is 4.74 Å². The maximum Gasteiger partial charge on any atom is 0.514 e. The fourth-order valence-electron chi connectivity index (χ4n) is 7.98. The van der Waals surface area contributed by atoms with Crippen LogP contribution in [0.3, 0.4) is 0 Å². The van der Waals surface area contributed by atoms with Gasteiger partial charge in [-0.25, -0.2) is 4.79 Å². The highest BCUT2D eigenvalue weighted by molar-refractivity contribution is 6.01. The molecule has 3 saturated carbocycles. The number of ketones is 2. The summed E-state index contributed by atoms with van der Waals surface area (Å²) in [6.45, 7) is 2.86. The van der Waals surface area contributed by atoms with E-state index in [0.717, 1.165) is 12.0 Å². The molecular formula is C29H33NO10. The van der Waals surface area contributed by atoms with Crippen molar-refractivity contribution >= 4 is 17.7 Å². The summed E-state index contributed by atoms with van der Waals surface area (Å²) >= 11 is 0. The lowest BCUT2D eigenvalue weighted by Gasteiger charge is -2.59. The second-order valence-corrected chi connectivity index (χ2v) is 11.8. The molecule has 0 heterocycles. The van der Waals surface area contributed by atoms with E-state index in [0.29, 0.717) is 18.4 Å². The maximum atomic E-state index is 13.4. The summed E-state index contributed by atoms with van der Waals surface area (Å²) in [6, 6.07) is 5.87. The van der Waals surface area contributed by atoms with E-state index >= 15 is 0 Å². The number of fused-ring (bicyclic) bond motifs is 5. The first-order valence-corrected chi connectivity index (χ1v) is 13.5. The van der Waals surface area contributed by atoms with Crippen molar-refractivity contribution in [2.24, 2.45) is 28.6 Å². The van der Waals surface area contributed by atoms with Crippen molar-refractivity contribution in [1.82, 2.24) is 0 Å². The van der Waals surface area contributed by atoms with Gasteiger partial charge in [-0.3, -0.25) is 9.59 Å². The summed E-state index contributed by atoms with van der Waals surface area (Å²) < 4.78 is 10.2. The lowest BCUT2D eigenvalue weighted by atomic mass is 9.46. The molecule has 0 unspecified atom stereocenters. The Balaban J connectivity index is 1.25. The summed E-state index contributed by atoms with van der Waals surface area (Å²) in [7, 11) is 0. The molecule has 0 radical (unpaired) electrons. The largest absolute Gasteiger partial charge is 0.514 e. The fourth-order valence-corrected chi connectivity index (χ4v) is 7.98. The minimum absolute atomic E-state index is 0.0321. The Morgan fingerprint density at radius 1 is 1.23 bits per heavy atom. The van der Waals surface area contributed by atoms with Gasteiger partial charge in [0.1, 0.15) is 18.0 Å². The number of carbonyl (C=O) groups excluding carboxylic acids is 3. The Hall–Kier alpha value is -3.57. The van der Waals surface area contributed by atoms with Gasteiger partial charge in [0.2, 0.25) is 5.78 Å². The molecule has 0 saturated heterocycles. The van der Waals surface area contributed by atoms with Gasteiger partial charge >= 0.3 is 6.16 Å². The molecule has 214 valence electrons. The standard InChI is InChI=1S/C29H33NO10/c1-27-10-8-19(31)13-18(27)6-7-21-22-9-11-29(35,28(22,2)14-23(32)25(21)27)24(33)16-38-26(34)40-20-5-3-4-17(12-20)15-39-30(36)37/h3-5,8,10,12-13,21-23,25,32,35H,6-7,9,11,14-16H2,1-2H3/t21-,22-,23-,25+,27-,28-,29-/m0/s1. The van der Waals surface area contributed by atoms with Crippen molar-refractivity contribution in [3.63, 3.8) is 0 Å². The zero-order valence-corrected chi connectivity index (χ0v) is 22.4. The molecule has 5 rings (SSSR count). The predicted octanol–water partition coefficient (Wildman–Crippen LogP) is 3.49. The lowest BCUT2D eigenvalue weighted by molar-refractivity contribution is -0.763. The Morgan fingerprint density at radius 3 is 2.75 bits per heavy atom. The molecule has 0 spiro atoms. The Bertz CT molecular complexity index is 1310. The van der Waals surface area contributed by atoms with E-state index in [1.807, 2.05) is 13.0 Å². The smallest absolute Gasteiger partial charge is 0.426 e. The van der Waals surface area contributed by atoms with Gasteiger partial charge < -0.3 is 24.5 Å². The van der Waals surface area contributed by atoms with Gasteiger partial charge in [0.05, 0.1) is 6.10 Å². The van der Waals surface area contributed by atoms with Crippen molar-refractivity contribution in [1.29, 1.82) is 0 Å². The number of carbonyl (C=O) groups is 3. The van der Waals surface area contributed by atoms with E-state index in [2.05, 4.69) is 11.8 Å². The first kappa shape index (κ1) is 28.0. The Morgan fingerprint density at radius 2 is 2.00 bits per heavy atom. The van der Waals surface area contributed by atoms with Crippen molar-refractivity contribution in [3.8, 4) is 5.75 Å². The topological polar surface area (TPSA) is 163 Å². The first-order chi connectivity index (χ1) is 18.9. The van der Waals surface area contributed by atoms with Crippen LogP contribution in [0.4, 0.5) is 4.79 Å². The molecule has 11 heteroatoms. The van der Waals surface area contributed by atoms with Crippen LogP contribution in [0.2, 0.25) is 0 Å². The third kappa shape index (κ3) is 4.60. The van der Waals surface area contributed by atoms with Gasteiger partial charge in [-0.2, -0.15) is 0 Å². The molecule has 1 aromatic carbocycles. The zero-order valence-electron chi connectivity index (χ0n) is 22.4. The highest BCUT2D eigenvalue weighted by Crippen LogP contribution is 2.67.